The highest BCUT2D eigenvalue weighted by Gasteiger charge is 2.25. The number of nitrogens with zero attached hydrogens (tertiary/aromatic N) is 3. The summed E-state index contributed by atoms with van der Waals surface area (Å²) in [6.07, 6.45) is -2.74. The smallest absolute Gasteiger partial charge is 0.401 e. The van der Waals surface area contributed by atoms with Crippen molar-refractivity contribution in [1.82, 2.24) is 20.1 Å². The zero-order chi connectivity index (χ0) is 14.4. The quantitative estimate of drug-likeness (QED) is 0.823. The van der Waals surface area contributed by atoms with Gasteiger partial charge in [-0.15, -0.1) is 5.10 Å². The van der Waals surface area contributed by atoms with Crippen molar-refractivity contribution in [1.29, 1.82) is 0 Å². The van der Waals surface area contributed by atoms with E-state index in [4.69, 9.17) is 4.74 Å². The van der Waals surface area contributed by atoms with Gasteiger partial charge < -0.3 is 10.1 Å². The summed E-state index contributed by atoms with van der Waals surface area (Å²) in [5.74, 6) is 0. The Labute approximate surface area is 113 Å². The fourth-order valence-corrected chi connectivity index (χ4v) is 1.46. The van der Waals surface area contributed by atoms with Gasteiger partial charge in [0.2, 0.25) is 0 Å². The number of hydrogen-bond donors (Lipinski definition) is 1. The van der Waals surface area contributed by atoms with Gasteiger partial charge in [-0.1, -0.05) is 18.2 Å². The lowest BCUT2D eigenvalue weighted by molar-refractivity contribution is -0.124. The van der Waals surface area contributed by atoms with Gasteiger partial charge in [0, 0.05) is 6.54 Å². The minimum Gasteiger partial charge on any atom is -0.461 e. The first-order chi connectivity index (χ1) is 9.54. The van der Waals surface area contributed by atoms with Crippen molar-refractivity contribution in [2.75, 3.05) is 19.7 Å². The molecule has 1 heterocycles. The SMILES string of the molecule is FC(F)(F)CNCCOc1ncn(-c2ccccc2)n1. The van der Waals surface area contributed by atoms with Crippen LogP contribution in [0.2, 0.25) is 0 Å². The first-order valence-corrected chi connectivity index (χ1v) is 5.92. The number of halogens is 3. The second-order valence-corrected chi connectivity index (χ2v) is 3.95. The van der Waals surface area contributed by atoms with Gasteiger partial charge in [-0.2, -0.15) is 18.2 Å². The molecule has 1 N–H and O–H groups in total. The third kappa shape index (κ3) is 4.54. The monoisotopic (exact) mass is 286 g/mol. The largest absolute Gasteiger partial charge is 0.461 e. The second kappa shape index (κ2) is 6.38. The van der Waals surface area contributed by atoms with Crippen LogP contribution in [0.5, 0.6) is 6.01 Å². The maximum atomic E-state index is 11.9. The zero-order valence-corrected chi connectivity index (χ0v) is 10.5. The molecule has 108 valence electrons. The Kier molecular flexibility index (Phi) is 4.57. The second-order valence-electron chi connectivity index (χ2n) is 3.95. The van der Waals surface area contributed by atoms with Crippen molar-refractivity contribution < 1.29 is 17.9 Å². The Bertz CT molecular complexity index is 527. The molecule has 20 heavy (non-hydrogen) atoms. The summed E-state index contributed by atoms with van der Waals surface area (Å²) in [5.41, 5.74) is 0.824. The summed E-state index contributed by atoms with van der Waals surface area (Å²) in [4.78, 5) is 3.92. The average molecular weight is 286 g/mol. The Morgan fingerprint density at radius 1 is 1.20 bits per heavy atom. The molecular weight excluding hydrogens is 273 g/mol. The molecule has 0 aliphatic heterocycles. The highest BCUT2D eigenvalue weighted by Crippen LogP contribution is 2.12. The normalized spacial score (nSPS) is 11.6. The minimum absolute atomic E-state index is 0.0644. The van der Waals surface area contributed by atoms with E-state index in [0.717, 1.165) is 5.69 Å². The van der Waals surface area contributed by atoms with Gasteiger partial charge in [-0.3, -0.25) is 0 Å². The summed E-state index contributed by atoms with van der Waals surface area (Å²) < 4.78 is 42.3. The average Bonchev–Trinajstić information content (AvgIpc) is 2.87. The van der Waals surface area contributed by atoms with Crippen LogP contribution in [-0.2, 0) is 0 Å². The van der Waals surface area contributed by atoms with Crippen LogP contribution >= 0.6 is 0 Å². The summed E-state index contributed by atoms with van der Waals surface area (Å²) in [7, 11) is 0. The van der Waals surface area contributed by atoms with E-state index < -0.39 is 12.7 Å². The van der Waals surface area contributed by atoms with Crippen LogP contribution in [0.4, 0.5) is 13.2 Å². The summed E-state index contributed by atoms with van der Waals surface area (Å²) in [6, 6.07) is 9.43. The molecule has 0 saturated carbocycles. The van der Waals surface area contributed by atoms with Gasteiger partial charge in [-0.25, -0.2) is 4.68 Å². The van der Waals surface area contributed by atoms with E-state index in [2.05, 4.69) is 15.4 Å². The predicted octanol–water partition coefficient (Wildman–Crippen LogP) is 1.80. The number of rotatable bonds is 6. The van der Waals surface area contributed by atoms with Crippen molar-refractivity contribution in [2.24, 2.45) is 0 Å². The molecule has 2 aromatic rings. The van der Waals surface area contributed by atoms with Gasteiger partial charge >= 0.3 is 12.2 Å². The lowest BCUT2D eigenvalue weighted by atomic mass is 10.3. The van der Waals surface area contributed by atoms with Gasteiger partial charge in [-0.05, 0) is 12.1 Å². The molecule has 1 aromatic carbocycles. The maximum absolute atomic E-state index is 11.9. The van der Waals surface area contributed by atoms with E-state index in [1.54, 1.807) is 0 Å². The molecule has 2 rings (SSSR count). The van der Waals surface area contributed by atoms with Crippen LogP contribution < -0.4 is 10.1 Å². The molecule has 5 nitrogen and oxygen atoms in total. The standard InChI is InChI=1S/C12H13F3N4O/c13-12(14,15)8-16-6-7-20-11-17-9-19(18-11)10-4-2-1-3-5-10/h1-5,9,16H,6-8H2. The van der Waals surface area contributed by atoms with Crippen LogP contribution in [0.25, 0.3) is 5.69 Å². The van der Waals surface area contributed by atoms with Crippen molar-refractivity contribution in [2.45, 2.75) is 6.18 Å². The molecule has 0 aliphatic carbocycles. The Balaban J connectivity index is 1.76. The zero-order valence-electron chi connectivity index (χ0n) is 10.5. The molecule has 0 aliphatic rings. The molecule has 0 radical (unpaired) electrons. The highest BCUT2D eigenvalue weighted by molar-refractivity contribution is 5.29. The van der Waals surface area contributed by atoms with Crippen LogP contribution in [0.3, 0.4) is 0 Å². The van der Waals surface area contributed by atoms with Crippen molar-refractivity contribution >= 4 is 0 Å². The van der Waals surface area contributed by atoms with Gasteiger partial charge in [0.1, 0.15) is 12.9 Å². The van der Waals surface area contributed by atoms with E-state index in [0.29, 0.717) is 0 Å². The molecule has 8 heteroatoms. The predicted molar refractivity (Wildman–Crippen MR) is 65.8 cm³/mol. The number of aromatic nitrogens is 3. The molecule has 0 fully saturated rings. The Morgan fingerprint density at radius 3 is 2.65 bits per heavy atom. The van der Waals surface area contributed by atoms with Crippen molar-refractivity contribution in [3.8, 4) is 11.7 Å². The maximum Gasteiger partial charge on any atom is 0.401 e. The molecule has 0 amide bonds. The van der Waals surface area contributed by atoms with Crippen LogP contribution in [0, 0.1) is 0 Å². The molecule has 0 spiro atoms. The van der Waals surface area contributed by atoms with Crippen molar-refractivity contribution in [3.63, 3.8) is 0 Å². The third-order valence-electron chi connectivity index (χ3n) is 2.33. The van der Waals surface area contributed by atoms with E-state index >= 15 is 0 Å². The van der Waals surface area contributed by atoms with Crippen molar-refractivity contribution in [3.05, 3.63) is 36.7 Å². The number of para-hydroxylation sites is 1. The summed E-state index contributed by atoms with van der Waals surface area (Å²) in [6.45, 7) is -0.906. The highest BCUT2D eigenvalue weighted by atomic mass is 19.4. The molecular formula is C12H13F3N4O. The van der Waals surface area contributed by atoms with Crippen LogP contribution in [-0.4, -0.2) is 40.6 Å². The molecule has 0 atom stereocenters. The lowest BCUT2D eigenvalue weighted by Crippen LogP contribution is -2.31. The first-order valence-electron chi connectivity index (χ1n) is 5.92. The number of nitrogens with one attached hydrogen (secondary N) is 1. The summed E-state index contributed by atoms with van der Waals surface area (Å²) >= 11 is 0. The number of benzene rings is 1. The number of hydrogen-bond acceptors (Lipinski definition) is 4. The third-order valence-corrected chi connectivity index (χ3v) is 2.33. The summed E-state index contributed by atoms with van der Waals surface area (Å²) in [5, 5.41) is 6.28. The number of ether oxygens (including phenoxy) is 1. The molecule has 0 saturated heterocycles. The van der Waals surface area contributed by atoms with Crippen LogP contribution in [0.1, 0.15) is 0 Å². The van der Waals surface area contributed by atoms with E-state index in [9.17, 15) is 13.2 Å². The Morgan fingerprint density at radius 2 is 1.95 bits per heavy atom. The van der Waals surface area contributed by atoms with Crippen LogP contribution in [0.15, 0.2) is 36.7 Å². The van der Waals surface area contributed by atoms with Gasteiger partial charge in [0.05, 0.1) is 12.2 Å². The molecule has 0 unspecified atom stereocenters. The van der Waals surface area contributed by atoms with Gasteiger partial charge in [0.25, 0.3) is 0 Å². The fourth-order valence-electron chi connectivity index (χ4n) is 1.46. The lowest BCUT2D eigenvalue weighted by Gasteiger charge is -2.07. The van der Waals surface area contributed by atoms with Gasteiger partial charge in [0.15, 0.2) is 0 Å². The fraction of sp³-hybridized carbons (Fsp3) is 0.333. The van der Waals surface area contributed by atoms with E-state index in [-0.39, 0.29) is 19.2 Å². The van der Waals surface area contributed by atoms with E-state index in [1.165, 1.54) is 11.0 Å². The number of alkyl halides is 3. The Hall–Kier alpha value is -2.09. The topological polar surface area (TPSA) is 52.0 Å². The van der Waals surface area contributed by atoms with E-state index in [1.807, 2.05) is 30.3 Å². The first kappa shape index (κ1) is 14.3. The molecule has 1 aromatic heterocycles. The molecule has 0 bridgehead atoms. The minimum atomic E-state index is -4.22.